The molecule has 1 N–H and O–H groups in total. The maximum Gasteiger partial charge on any atom is 0.231 e. The Kier molecular flexibility index (Phi) is 7.24. The fourth-order valence-electron chi connectivity index (χ4n) is 5.30. The van der Waals surface area contributed by atoms with Crippen molar-refractivity contribution in [1.29, 1.82) is 0 Å². The van der Waals surface area contributed by atoms with Gasteiger partial charge in [0.05, 0.1) is 25.4 Å². The van der Waals surface area contributed by atoms with Gasteiger partial charge in [0.1, 0.15) is 11.9 Å². The van der Waals surface area contributed by atoms with Gasteiger partial charge in [0.15, 0.2) is 0 Å². The molecule has 2 heterocycles. The molecule has 3 aromatic carbocycles. The molecule has 2 amide bonds. The van der Waals surface area contributed by atoms with E-state index in [9.17, 15) is 19.1 Å². The summed E-state index contributed by atoms with van der Waals surface area (Å²) in [5.41, 5.74) is 4.53. The van der Waals surface area contributed by atoms with E-state index in [2.05, 4.69) is 0 Å². The molecule has 37 heavy (non-hydrogen) atoms. The number of phenolic OH excluding ortho intramolecular Hbond substituents is 1. The van der Waals surface area contributed by atoms with E-state index < -0.39 is 6.17 Å². The van der Waals surface area contributed by atoms with Crippen molar-refractivity contribution >= 4 is 17.5 Å². The fourth-order valence-corrected chi connectivity index (χ4v) is 5.30. The highest BCUT2D eigenvalue weighted by Gasteiger charge is 2.30. The van der Waals surface area contributed by atoms with E-state index in [0.29, 0.717) is 39.0 Å². The summed E-state index contributed by atoms with van der Waals surface area (Å²) in [5.74, 6) is 0.110. The summed E-state index contributed by atoms with van der Waals surface area (Å²) in [6.45, 7) is 1.99. The number of hydrogen-bond acceptors (Lipinski definition) is 4. The molecule has 2 aliphatic rings. The van der Waals surface area contributed by atoms with Crippen LogP contribution in [-0.2, 0) is 29.0 Å². The van der Waals surface area contributed by atoms with Crippen LogP contribution in [0.1, 0.15) is 34.7 Å². The number of halogens is 1. The molecule has 0 unspecified atom stereocenters. The lowest BCUT2D eigenvalue weighted by molar-refractivity contribution is -0.131. The molecule has 5 rings (SSSR count). The Bertz CT molecular complexity index is 1280. The fraction of sp³-hybridized carbons (Fsp3) is 0.333. The molecule has 0 aromatic heterocycles. The van der Waals surface area contributed by atoms with Crippen molar-refractivity contribution in [2.75, 3.05) is 31.6 Å². The highest BCUT2D eigenvalue weighted by atomic mass is 19.1. The number of likely N-dealkylation sites (tertiary alicyclic amines) is 1. The van der Waals surface area contributed by atoms with Crippen molar-refractivity contribution in [1.82, 2.24) is 9.80 Å². The van der Waals surface area contributed by atoms with Crippen molar-refractivity contribution in [3.05, 3.63) is 95.1 Å². The lowest BCUT2D eigenvalue weighted by atomic mass is 10.0. The van der Waals surface area contributed by atoms with Gasteiger partial charge in [-0.3, -0.25) is 14.5 Å². The van der Waals surface area contributed by atoms with Crippen LogP contribution in [0.2, 0.25) is 0 Å². The monoisotopic (exact) mass is 501 g/mol. The van der Waals surface area contributed by atoms with E-state index >= 15 is 0 Å². The van der Waals surface area contributed by atoms with Crippen molar-refractivity contribution < 1.29 is 19.1 Å². The quantitative estimate of drug-likeness (QED) is 0.501. The summed E-state index contributed by atoms with van der Waals surface area (Å²) < 4.78 is 13.9. The summed E-state index contributed by atoms with van der Waals surface area (Å²) in [6.07, 6.45) is 0.191. The number of alkyl halides is 1. The molecule has 0 aliphatic carbocycles. The van der Waals surface area contributed by atoms with Crippen LogP contribution in [0.25, 0.3) is 0 Å². The Labute approximate surface area is 216 Å². The zero-order valence-electron chi connectivity index (χ0n) is 21.0. The highest BCUT2D eigenvalue weighted by molar-refractivity contribution is 6.01. The predicted octanol–water partition coefficient (Wildman–Crippen LogP) is 4.27. The van der Waals surface area contributed by atoms with Crippen LogP contribution in [0.15, 0.2) is 72.8 Å². The summed E-state index contributed by atoms with van der Waals surface area (Å²) in [4.78, 5) is 31.7. The minimum atomic E-state index is -0.848. The number of hydrogen-bond donors (Lipinski definition) is 1. The molecular weight excluding hydrogens is 469 g/mol. The van der Waals surface area contributed by atoms with Crippen LogP contribution in [-0.4, -0.2) is 59.6 Å². The van der Waals surface area contributed by atoms with Gasteiger partial charge in [0, 0.05) is 32.4 Å². The Hall–Kier alpha value is -3.71. The Morgan fingerprint density at radius 2 is 1.89 bits per heavy atom. The van der Waals surface area contributed by atoms with Gasteiger partial charge in [-0.15, -0.1) is 0 Å². The molecule has 192 valence electrons. The van der Waals surface area contributed by atoms with Gasteiger partial charge in [-0.2, -0.15) is 0 Å². The Balaban J connectivity index is 1.34. The van der Waals surface area contributed by atoms with Gasteiger partial charge in [-0.25, -0.2) is 4.39 Å². The van der Waals surface area contributed by atoms with Gasteiger partial charge in [-0.1, -0.05) is 54.6 Å². The zero-order chi connectivity index (χ0) is 25.9. The summed E-state index contributed by atoms with van der Waals surface area (Å²) in [6, 6.07) is 22.3. The number of carbonyl (C=O) groups is 2. The summed E-state index contributed by atoms with van der Waals surface area (Å²) in [5, 5.41) is 10.1. The van der Waals surface area contributed by atoms with Crippen LogP contribution >= 0.6 is 0 Å². The molecule has 6 nitrogen and oxygen atoms in total. The number of likely N-dealkylation sites (N-methyl/N-ethyl adjacent to an activating group) is 1. The van der Waals surface area contributed by atoms with E-state index in [4.69, 9.17) is 0 Å². The van der Waals surface area contributed by atoms with Crippen molar-refractivity contribution in [3.8, 4) is 5.75 Å². The van der Waals surface area contributed by atoms with Crippen LogP contribution < -0.4 is 4.90 Å². The van der Waals surface area contributed by atoms with Crippen LogP contribution in [0.5, 0.6) is 5.75 Å². The molecule has 0 radical (unpaired) electrons. The second-order valence-corrected chi connectivity index (χ2v) is 10.0. The highest BCUT2D eigenvalue weighted by Crippen LogP contribution is 2.32. The van der Waals surface area contributed by atoms with Crippen LogP contribution in [0, 0.1) is 0 Å². The first-order valence-corrected chi connectivity index (χ1v) is 12.7. The third kappa shape index (κ3) is 5.67. The second-order valence-electron chi connectivity index (χ2n) is 10.0. The molecule has 1 fully saturated rings. The number of rotatable bonds is 8. The number of phenols is 1. The molecule has 2 aliphatic heterocycles. The number of nitrogens with zero attached hydrogens (tertiary/aromatic N) is 3. The van der Waals surface area contributed by atoms with Gasteiger partial charge < -0.3 is 14.9 Å². The lowest BCUT2D eigenvalue weighted by Crippen LogP contribution is -2.39. The molecule has 2 atom stereocenters. The number of fused-ring (bicyclic) bond motifs is 1. The largest absolute Gasteiger partial charge is 0.508 e. The third-order valence-corrected chi connectivity index (χ3v) is 7.38. The van der Waals surface area contributed by atoms with E-state index in [1.807, 2.05) is 59.5 Å². The topological polar surface area (TPSA) is 64.1 Å². The van der Waals surface area contributed by atoms with Gasteiger partial charge >= 0.3 is 0 Å². The first-order chi connectivity index (χ1) is 17.9. The second kappa shape index (κ2) is 10.7. The van der Waals surface area contributed by atoms with Crippen LogP contribution in [0.4, 0.5) is 10.1 Å². The number of aromatic hydroxyl groups is 1. The average Bonchev–Trinajstić information content (AvgIpc) is 3.44. The lowest BCUT2D eigenvalue weighted by Gasteiger charge is -2.32. The predicted molar refractivity (Wildman–Crippen MR) is 141 cm³/mol. The first-order valence-electron chi connectivity index (χ1n) is 12.7. The van der Waals surface area contributed by atoms with Crippen molar-refractivity contribution in [3.63, 3.8) is 0 Å². The van der Waals surface area contributed by atoms with Gasteiger partial charge in [-0.05, 0) is 46.9 Å². The summed E-state index contributed by atoms with van der Waals surface area (Å²) >= 11 is 0. The smallest absolute Gasteiger partial charge is 0.231 e. The van der Waals surface area contributed by atoms with E-state index in [0.717, 1.165) is 27.9 Å². The number of carbonyl (C=O) groups excluding carboxylic acids is 2. The number of anilines is 1. The van der Waals surface area contributed by atoms with E-state index in [1.165, 1.54) is 0 Å². The van der Waals surface area contributed by atoms with Gasteiger partial charge in [0.25, 0.3) is 0 Å². The van der Waals surface area contributed by atoms with E-state index in [-0.39, 0.29) is 30.0 Å². The van der Waals surface area contributed by atoms with Crippen molar-refractivity contribution in [2.24, 2.45) is 0 Å². The summed E-state index contributed by atoms with van der Waals surface area (Å²) in [7, 11) is 1.76. The minimum Gasteiger partial charge on any atom is -0.508 e. The zero-order valence-corrected chi connectivity index (χ0v) is 21.0. The minimum absolute atomic E-state index is 0.0557. The van der Waals surface area contributed by atoms with E-state index in [1.54, 1.807) is 35.0 Å². The molecule has 0 spiro atoms. The molecular formula is C30H32FN3O3. The molecule has 1 saturated heterocycles. The SMILES string of the molecule is CN(C(=O)Cc1ccc2c(c1)N(Cc1ccccc1)C(=O)C2)[C@H](CN1CC[C@H](F)C1)c1cccc(O)c1. The standard InChI is InChI=1S/C30H32FN3O3/c1-32(28(20-33-13-12-25(31)19-33)23-8-5-9-26(35)16-23)29(36)15-22-10-11-24-17-30(37)34(27(24)14-22)18-21-6-3-2-4-7-21/h2-11,14,16,25,28,35H,12-13,15,17-20H2,1H3/t25-,28+/m0/s1. The molecule has 3 aromatic rings. The third-order valence-electron chi connectivity index (χ3n) is 7.38. The van der Waals surface area contributed by atoms with Gasteiger partial charge in [0.2, 0.25) is 11.8 Å². The Morgan fingerprint density at radius 3 is 2.62 bits per heavy atom. The first kappa shape index (κ1) is 25.0. The number of amides is 2. The maximum absolute atomic E-state index is 13.9. The maximum atomic E-state index is 13.9. The van der Waals surface area contributed by atoms with Crippen LogP contribution in [0.3, 0.4) is 0 Å². The molecule has 0 saturated carbocycles. The number of benzene rings is 3. The van der Waals surface area contributed by atoms with Crippen molar-refractivity contribution in [2.45, 2.75) is 38.0 Å². The molecule has 0 bridgehead atoms. The Morgan fingerprint density at radius 1 is 1.08 bits per heavy atom. The molecule has 7 heteroatoms. The average molecular weight is 502 g/mol. The normalized spacial score (nSPS) is 18.2.